The van der Waals surface area contributed by atoms with Gasteiger partial charge in [0.2, 0.25) is 5.54 Å². The molecular formula is C13H22N3O5+. The second kappa shape index (κ2) is 5.90. The minimum Gasteiger partial charge on any atom is -0.389 e. The van der Waals surface area contributed by atoms with Crippen molar-refractivity contribution in [1.82, 2.24) is 10.2 Å². The molecule has 1 heterocycles. The molecule has 1 saturated heterocycles. The largest absolute Gasteiger partial charge is 0.389 e. The molecule has 4 amide bonds. The monoisotopic (exact) mass is 300 g/mol. The lowest BCUT2D eigenvalue weighted by molar-refractivity contribution is -0.554. The number of amides is 4. The summed E-state index contributed by atoms with van der Waals surface area (Å²) in [6.45, 7) is 5.79. The molecule has 8 nitrogen and oxygen atoms in total. The predicted octanol–water partition coefficient (Wildman–Crippen LogP) is -2.63. The molecule has 1 atom stereocenters. The Morgan fingerprint density at radius 3 is 2.14 bits per heavy atom. The van der Waals surface area contributed by atoms with Gasteiger partial charge in [0.05, 0.1) is 0 Å². The highest BCUT2D eigenvalue weighted by Crippen LogP contribution is 2.19. The van der Waals surface area contributed by atoms with Gasteiger partial charge in [0.15, 0.2) is 12.1 Å². The van der Waals surface area contributed by atoms with E-state index in [4.69, 9.17) is 0 Å². The third kappa shape index (κ3) is 3.64. The fourth-order valence-corrected chi connectivity index (χ4v) is 1.80. The number of hydrogen-bond donors (Lipinski definition) is 4. The van der Waals surface area contributed by atoms with Gasteiger partial charge in [0.1, 0.15) is 13.2 Å². The van der Waals surface area contributed by atoms with Crippen molar-refractivity contribution in [1.29, 1.82) is 0 Å². The van der Waals surface area contributed by atoms with Crippen molar-refractivity contribution in [3.05, 3.63) is 0 Å². The van der Waals surface area contributed by atoms with E-state index in [9.17, 15) is 24.6 Å². The van der Waals surface area contributed by atoms with Gasteiger partial charge < -0.3 is 10.2 Å². The summed E-state index contributed by atoms with van der Waals surface area (Å²) in [5.74, 6) is -2.60. The third-order valence-electron chi connectivity index (χ3n) is 3.17. The first-order chi connectivity index (χ1) is 9.55. The lowest BCUT2D eigenvalue weighted by Crippen LogP contribution is -2.88. The Balaban J connectivity index is 3.07. The Morgan fingerprint density at radius 2 is 1.71 bits per heavy atom. The van der Waals surface area contributed by atoms with Crippen LogP contribution in [0.1, 0.15) is 27.7 Å². The predicted molar refractivity (Wildman–Crippen MR) is 73.2 cm³/mol. The van der Waals surface area contributed by atoms with E-state index in [1.54, 1.807) is 20.8 Å². The van der Waals surface area contributed by atoms with E-state index in [1.165, 1.54) is 13.1 Å². The van der Waals surface area contributed by atoms with Gasteiger partial charge >= 0.3 is 6.03 Å². The number of aliphatic hydroxyl groups excluding tert-OH is 2. The number of nitrogens with zero attached hydrogens (tertiary/aromatic N) is 1. The normalized spacial score (nSPS) is 21.1. The Labute approximate surface area is 122 Å². The van der Waals surface area contributed by atoms with Crippen LogP contribution >= 0.6 is 0 Å². The van der Waals surface area contributed by atoms with Crippen molar-refractivity contribution in [2.45, 2.75) is 38.8 Å². The molecule has 0 aromatic rings. The van der Waals surface area contributed by atoms with E-state index < -0.39 is 34.8 Å². The second-order valence-electron chi connectivity index (χ2n) is 6.30. The Hall–Kier alpha value is -1.80. The zero-order valence-corrected chi connectivity index (χ0v) is 12.6. The summed E-state index contributed by atoms with van der Waals surface area (Å²) in [5.41, 5.74) is -1.83. The Morgan fingerprint density at radius 1 is 1.19 bits per heavy atom. The van der Waals surface area contributed by atoms with Gasteiger partial charge in [-0.05, 0) is 20.8 Å². The van der Waals surface area contributed by atoms with Crippen LogP contribution in [0.3, 0.4) is 0 Å². The average Bonchev–Trinajstić information content (AvgIpc) is 2.35. The quantitative estimate of drug-likeness (QED) is 0.334. The molecule has 4 N–H and O–H groups in total. The lowest BCUT2D eigenvalue weighted by Gasteiger charge is -2.37. The van der Waals surface area contributed by atoms with Crippen LogP contribution in [0.4, 0.5) is 4.79 Å². The van der Waals surface area contributed by atoms with Gasteiger partial charge in [-0.3, -0.25) is 19.8 Å². The van der Waals surface area contributed by atoms with Crippen LogP contribution in [-0.4, -0.2) is 63.5 Å². The number of rotatable bonds is 4. The summed E-state index contributed by atoms with van der Waals surface area (Å²) in [7, 11) is 0. The highest BCUT2D eigenvalue weighted by molar-refractivity contribution is 6.23. The Bertz CT molecular complexity index is 477. The molecule has 0 radical (unpaired) electrons. The van der Waals surface area contributed by atoms with E-state index in [-0.39, 0.29) is 13.2 Å². The van der Waals surface area contributed by atoms with E-state index in [0.717, 1.165) is 4.90 Å². The number of imide groups is 2. The highest BCUT2D eigenvalue weighted by atomic mass is 16.3. The average molecular weight is 300 g/mol. The maximum absolute atomic E-state index is 12.3. The molecule has 0 unspecified atom stereocenters. The molecule has 0 saturated carbocycles. The summed E-state index contributed by atoms with van der Waals surface area (Å²) in [6, 6.07) is -0.755. The summed E-state index contributed by atoms with van der Waals surface area (Å²) in [6.07, 6.45) is 1.19. The van der Waals surface area contributed by atoms with Gasteiger partial charge in [-0.2, -0.15) is 0 Å². The number of barbiturate groups is 1. The van der Waals surface area contributed by atoms with E-state index in [0.29, 0.717) is 0 Å². The summed E-state index contributed by atoms with van der Waals surface area (Å²) >= 11 is 0. The van der Waals surface area contributed by atoms with E-state index >= 15 is 0 Å². The number of hydrogen-bond acceptors (Lipinski definition) is 5. The number of carbonyl (C=O) groups excluding carboxylic acids is 3. The molecule has 0 bridgehead atoms. The maximum Gasteiger partial charge on any atom is 0.331 e. The molecule has 21 heavy (non-hydrogen) atoms. The van der Waals surface area contributed by atoms with Crippen LogP contribution in [0, 0.1) is 5.92 Å². The molecule has 0 aromatic carbocycles. The lowest BCUT2D eigenvalue weighted by atomic mass is 9.99. The van der Waals surface area contributed by atoms with Gasteiger partial charge in [-0.15, -0.1) is 0 Å². The smallest absolute Gasteiger partial charge is 0.331 e. The standard InChI is InChI=1S/C13H21N3O5/c1-12(2,3)16-10(20)8(9(19)15-11(16)21)5-14-13(4,6-17)7-18/h5,8,17-18H,6-7H2,1-4H3,(H,15,19,21)/p+1/t8-/m1/s1. The summed E-state index contributed by atoms with van der Waals surface area (Å²) in [5, 5.41) is 20.5. The number of carbonyl (C=O) groups is 3. The van der Waals surface area contributed by atoms with Gasteiger partial charge in [-0.25, -0.2) is 9.79 Å². The van der Waals surface area contributed by atoms with Crippen molar-refractivity contribution in [3.8, 4) is 0 Å². The summed E-state index contributed by atoms with van der Waals surface area (Å²) < 4.78 is 0. The highest BCUT2D eigenvalue weighted by Gasteiger charge is 2.46. The van der Waals surface area contributed by atoms with Crippen molar-refractivity contribution in [2.24, 2.45) is 5.92 Å². The van der Waals surface area contributed by atoms with Crippen LogP contribution in [0.15, 0.2) is 0 Å². The fraction of sp³-hybridized carbons (Fsp3) is 0.692. The van der Waals surface area contributed by atoms with Crippen LogP contribution in [0.2, 0.25) is 0 Å². The SMILES string of the molecule is CC(CO)(CO)[NH+]=C[C@@H]1C(=O)NC(=O)N(C(C)(C)C)C1=O. The third-order valence-corrected chi connectivity index (χ3v) is 3.17. The van der Waals surface area contributed by atoms with Gasteiger partial charge in [-0.1, -0.05) is 0 Å². The van der Waals surface area contributed by atoms with Gasteiger partial charge in [0.25, 0.3) is 11.8 Å². The zero-order chi connectivity index (χ0) is 16.4. The van der Waals surface area contributed by atoms with E-state index in [1.807, 2.05) is 0 Å². The molecule has 1 aliphatic rings. The van der Waals surface area contributed by atoms with Crippen LogP contribution < -0.4 is 10.3 Å². The van der Waals surface area contributed by atoms with Crippen LogP contribution in [0.5, 0.6) is 0 Å². The van der Waals surface area contributed by atoms with Crippen LogP contribution in [-0.2, 0) is 9.59 Å². The molecule has 0 aromatic heterocycles. The first-order valence-corrected chi connectivity index (χ1v) is 6.57. The fourth-order valence-electron chi connectivity index (χ4n) is 1.80. The molecule has 118 valence electrons. The molecule has 0 aliphatic carbocycles. The van der Waals surface area contributed by atoms with Crippen molar-refractivity contribution < 1.29 is 29.6 Å². The number of urea groups is 1. The summed E-state index contributed by atoms with van der Waals surface area (Å²) in [4.78, 5) is 39.6. The Kier molecular flexibility index (Phi) is 4.85. The topological polar surface area (TPSA) is 121 Å². The van der Waals surface area contributed by atoms with Gasteiger partial charge in [0, 0.05) is 12.5 Å². The zero-order valence-electron chi connectivity index (χ0n) is 12.6. The second-order valence-corrected chi connectivity index (χ2v) is 6.30. The maximum atomic E-state index is 12.3. The minimum absolute atomic E-state index is 0.384. The number of nitrogens with one attached hydrogen (secondary N) is 2. The van der Waals surface area contributed by atoms with Crippen molar-refractivity contribution in [2.75, 3.05) is 13.2 Å². The minimum atomic E-state index is -1.21. The first-order valence-electron chi connectivity index (χ1n) is 6.57. The number of aliphatic hydroxyl groups is 2. The molecule has 0 spiro atoms. The molecule has 8 heteroatoms. The molecule has 1 aliphatic heterocycles. The molecular weight excluding hydrogens is 278 g/mol. The van der Waals surface area contributed by atoms with Crippen molar-refractivity contribution >= 4 is 24.1 Å². The van der Waals surface area contributed by atoms with Crippen LogP contribution in [0.25, 0.3) is 0 Å². The molecule has 1 fully saturated rings. The molecule has 1 rings (SSSR count). The van der Waals surface area contributed by atoms with E-state index in [2.05, 4.69) is 10.3 Å². The first kappa shape index (κ1) is 17.3. The van der Waals surface area contributed by atoms with Crippen molar-refractivity contribution in [3.63, 3.8) is 0 Å².